The van der Waals surface area contributed by atoms with Gasteiger partial charge in [0.2, 0.25) is 0 Å². The Bertz CT molecular complexity index is 2670. The van der Waals surface area contributed by atoms with Gasteiger partial charge in [0.1, 0.15) is 0 Å². The van der Waals surface area contributed by atoms with Crippen LogP contribution in [0.15, 0.2) is 158 Å². The van der Waals surface area contributed by atoms with E-state index in [0.717, 1.165) is 0 Å². The molecule has 3 heterocycles. The Kier molecular flexibility index (Phi) is 5.19. The lowest BCUT2D eigenvalue weighted by molar-refractivity contribution is 1.18. The quantitative estimate of drug-likeness (QED) is 0.194. The SMILES string of the molecule is c1cc(-c2ccc3sc4ccc(-n5c6ccccc6c6ccccc65)cc4c3c2)cc(-n2c3ccccc3c3ccccc32)c1. The summed E-state index contributed by atoms with van der Waals surface area (Å²) in [6.45, 7) is 0. The second-order valence-electron chi connectivity index (χ2n) is 11.8. The average molecular weight is 591 g/mol. The molecule has 0 N–H and O–H groups in total. The first-order valence-electron chi connectivity index (χ1n) is 15.4. The van der Waals surface area contributed by atoms with E-state index in [0.29, 0.717) is 0 Å². The Morgan fingerprint density at radius 2 is 0.756 bits per heavy atom. The molecule has 0 saturated heterocycles. The van der Waals surface area contributed by atoms with Crippen LogP contribution in [-0.2, 0) is 0 Å². The molecule has 10 rings (SSSR count). The van der Waals surface area contributed by atoms with Crippen molar-refractivity contribution in [2.45, 2.75) is 0 Å². The number of benzene rings is 7. The average Bonchev–Trinajstić information content (AvgIpc) is 3.75. The summed E-state index contributed by atoms with van der Waals surface area (Å²) in [5.41, 5.74) is 9.74. The van der Waals surface area contributed by atoms with Gasteiger partial charge in [-0.1, -0.05) is 91.0 Å². The van der Waals surface area contributed by atoms with Crippen molar-refractivity contribution >= 4 is 75.1 Å². The van der Waals surface area contributed by atoms with Crippen LogP contribution in [0.1, 0.15) is 0 Å². The number of hydrogen-bond donors (Lipinski definition) is 0. The standard InChI is InChI=1S/C42H26N2S/c1-5-16-37-31(12-1)32-13-2-6-17-38(32)43(37)29-11-9-10-27(24-29)28-20-22-41-35(25-28)36-26-30(21-23-42(36)45-41)44-39-18-7-3-14-33(39)34-15-4-8-19-40(34)44/h1-26H. The molecule has 0 saturated carbocycles. The van der Waals surface area contributed by atoms with E-state index in [2.05, 4.69) is 167 Å². The molecule has 7 aromatic carbocycles. The number of fused-ring (bicyclic) bond motifs is 9. The summed E-state index contributed by atoms with van der Waals surface area (Å²) in [7, 11) is 0. The monoisotopic (exact) mass is 590 g/mol. The molecule has 0 aliphatic heterocycles. The first-order valence-corrected chi connectivity index (χ1v) is 16.2. The first-order chi connectivity index (χ1) is 22.3. The van der Waals surface area contributed by atoms with Crippen molar-refractivity contribution in [3.8, 4) is 22.5 Å². The van der Waals surface area contributed by atoms with Gasteiger partial charge >= 0.3 is 0 Å². The van der Waals surface area contributed by atoms with Gasteiger partial charge < -0.3 is 9.13 Å². The predicted octanol–water partition coefficient (Wildman–Crippen LogP) is 11.9. The Hall–Kier alpha value is -5.64. The van der Waals surface area contributed by atoms with Crippen LogP contribution in [0.3, 0.4) is 0 Å². The van der Waals surface area contributed by atoms with Gasteiger partial charge in [0.05, 0.1) is 22.1 Å². The summed E-state index contributed by atoms with van der Waals surface area (Å²) in [5.74, 6) is 0. The number of aromatic nitrogens is 2. The maximum Gasteiger partial charge on any atom is 0.0541 e. The van der Waals surface area contributed by atoms with E-state index in [-0.39, 0.29) is 0 Å². The maximum atomic E-state index is 2.41. The topological polar surface area (TPSA) is 9.86 Å². The van der Waals surface area contributed by atoms with Crippen LogP contribution < -0.4 is 0 Å². The molecule has 0 spiro atoms. The molecule has 0 aliphatic carbocycles. The minimum atomic E-state index is 1.17. The van der Waals surface area contributed by atoms with Gasteiger partial charge in [-0.15, -0.1) is 11.3 Å². The van der Waals surface area contributed by atoms with Crippen molar-refractivity contribution in [2.75, 3.05) is 0 Å². The van der Waals surface area contributed by atoms with Gasteiger partial charge in [-0.25, -0.2) is 0 Å². The number of nitrogens with zero attached hydrogens (tertiary/aromatic N) is 2. The summed E-state index contributed by atoms with van der Waals surface area (Å²) in [4.78, 5) is 0. The van der Waals surface area contributed by atoms with Crippen LogP contribution in [0.25, 0.3) is 86.3 Å². The maximum absolute atomic E-state index is 2.41. The van der Waals surface area contributed by atoms with Gasteiger partial charge in [0.15, 0.2) is 0 Å². The van der Waals surface area contributed by atoms with Crippen molar-refractivity contribution < 1.29 is 0 Å². The first kappa shape index (κ1) is 24.8. The molecule has 0 radical (unpaired) electrons. The van der Waals surface area contributed by atoms with Gasteiger partial charge in [0, 0.05) is 53.1 Å². The lowest BCUT2D eigenvalue weighted by atomic mass is 10.0. The molecule has 3 aromatic heterocycles. The van der Waals surface area contributed by atoms with Gasteiger partial charge in [-0.3, -0.25) is 0 Å². The molecule has 0 unspecified atom stereocenters. The minimum Gasteiger partial charge on any atom is -0.309 e. The smallest absolute Gasteiger partial charge is 0.0541 e. The number of rotatable bonds is 3. The van der Waals surface area contributed by atoms with Crippen LogP contribution in [0, 0.1) is 0 Å². The van der Waals surface area contributed by atoms with Crippen LogP contribution >= 0.6 is 11.3 Å². The molecule has 2 nitrogen and oxygen atoms in total. The number of hydrogen-bond acceptors (Lipinski definition) is 1. The molecule has 0 atom stereocenters. The molecule has 0 fully saturated rings. The van der Waals surface area contributed by atoms with E-state index in [9.17, 15) is 0 Å². The van der Waals surface area contributed by atoms with E-state index in [4.69, 9.17) is 0 Å². The number of thiophene rings is 1. The van der Waals surface area contributed by atoms with Crippen LogP contribution in [0.4, 0.5) is 0 Å². The van der Waals surface area contributed by atoms with Crippen LogP contribution in [0.2, 0.25) is 0 Å². The van der Waals surface area contributed by atoms with Gasteiger partial charge in [-0.2, -0.15) is 0 Å². The molecule has 210 valence electrons. The summed E-state index contributed by atoms with van der Waals surface area (Å²) >= 11 is 1.87. The highest BCUT2D eigenvalue weighted by Gasteiger charge is 2.15. The lowest BCUT2D eigenvalue weighted by Gasteiger charge is -2.11. The van der Waals surface area contributed by atoms with E-state index in [1.165, 1.54) is 86.3 Å². The van der Waals surface area contributed by atoms with E-state index in [1.807, 2.05) is 11.3 Å². The zero-order chi connectivity index (χ0) is 29.5. The largest absolute Gasteiger partial charge is 0.309 e. The fourth-order valence-corrected chi connectivity index (χ4v) is 8.38. The highest BCUT2D eigenvalue weighted by Crippen LogP contribution is 2.40. The van der Waals surface area contributed by atoms with E-state index < -0.39 is 0 Å². The second kappa shape index (κ2) is 9.43. The molecule has 0 amide bonds. The van der Waals surface area contributed by atoms with Crippen molar-refractivity contribution in [3.05, 3.63) is 158 Å². The van der Waals surface area contributed by atoms with Gasteiger partial charge in [0.25, 0.3) is 0 Å². The van der Waals surface area contributed by atoms with E-state index in [1.54, 1.807) is 0 Å². The molecular formula is C42H26N2S. The normalized spacial score (nSPS) is 12.0. The third kappa shape index (κ3) is 3.62. The van der Waals surface area contributed by atoms with Crippen LogP contribution in [0.5, 0.6) is 0 Å². The summed E-state index contributed by atoms with van der Waals surface area (Å²) in [6, 6.07) is 57.7. The Balaban J connectivity index is 1.15. The van der Waals surface area contributed by atoms with Crippen molar-refractivity contribution in [1.82, 2.24) is 9.13 Å². The molecule has 3 heteroatoms. The fourth-order valence-electron chi connectivity index (χ4n) is 7.31. The summed E-state index contributed by atoms with van der Waals surface area (Å²) in [5, 5.41) is 7.74. The highest BCUT2D eigenvalue weighted by molar-refractivity contribution is 7.25. The Morgan fingerprint density at radius 3 is 1.31 bits per heavy atom. The highest BCUT2D eigenvalue weighted by atomic mass is 32.1. The van der Waals surface area contributed by atoms with Crippen molar-refractivity contribution in [2.24, 2.45) is 0 Å². The fraction of sp³-hybridized carbons (Fsp3) is 0. The van der Waals surface area contributed by atoms with Crippen LogP contribution in [-0.4, -0.2) is 9.13 Å². The molecular weight excluding hydrogens is 565 g/mol. The Labute approximate surface area is 263 Å². The third-order valence-electron chi connectivity index (χ3n) is 9.31. The Morgan fingerprint density at radius 1 is 0.311 bits per heavy atom. The minimum absolute atomic E-state index is 1.17. The molecule has 10 aromatic rings. The zero-order valence-electron chi connectivity index (χ0n) is 24.3. The van der Waals surface area contributed by atoms with E-state index >= 15 is 0 Å². The molecule has 0 bridgehead atoms. The predicted molar refractivity (Wildman–Crippen MR) is 193 cm³/mol. The van der Waals surface area contributed by atoms with Crippen molar-refractivity contribution in [3.63, 3.8) is 0 Å². The summed E-state index contributed by atoms with van der Waals surface area (Å²) < 4.78 is 7.43. The zero-order valence-corrected chi connectivity index (χ0v) is 25.1. The van der Waals surface area contributed by atoms with Crippen molar-refractivity contribution in [1.29, 1.82) is 0 Å². The van der Waals surface area contributed by atoms with Gasteiger partial charge in [-0.05, 0) is 77.9 Å². The third-order valence-corrected chi connectivity index (χ3v) is 10.5. The summed E-state index contributed by atoms with van der Waals surface area (Å²) in [6.07, 6.45) is 0. The number of para-hydroxylation sites is 4. The lowest BCUT2D eigenvalue weighted by Crippen LogP contribution is -1.94. The molecule has 0 aliphatic rings. The second-order valence-corrected chi connectivity index (χ2v) is 12.9. The molecule has 45 heavy (non-hydrogen) atoms.